The summed E-state index contributed by atoms with van der Waals surface area (Å²) in [6.07, 6.45) is 0. The number of benzene rings is 2. The lowest BCUT2D eigenvalue weighted by atomic mass is 10.1. The number of nitrogens with zero attached hydrogens (tertiary/aromatic N) is 1. The van der Waals surface area contributed by atoms with E-state index in [0.29, 0.717) is 16.6 Å². The molecule has 1 aromatic heterocycles. The fraction of sp³-hybridized carbons (Fsp3) is 0.200. The topological polar surface area (TPSA) is 60.5 Å². The van der Waals surface area contributed by atoms with E-state index in [4.69, 9.17) is 9.47 Å². The molecule has 0 bridgehead atoms. The summed E-state index contributed by atoms with van der Waals surface area (Å²) >= 11 is 2.91. The Balaban J connectivity index is 1.68. The van der Waals surface area contributed by atoms with Gasteiger partial charge in [-0.3, -0.25) is 4.79 Å². The van der Waals surface area contributed by atoms with Gasteiger partial charge in [0.15, 0.2) is 16.6 Å². The summed E-state index contributed by atoms with van der Waals surface area (Å²) in [7, 11) is 3.20. The van der Waals surface area contributed by atoms with Crippen LogP contribution in [0.15, 0.2) is 58.8 Å². The van der Waals surface area contributed by atoms with Crippen molar-refractivity contribution in [2.24, 2.45) is 0 Å². The van der Waals surface area contributed by atoms with Gasteiger partial charge in [0.25, 0.3) is 0 Å². The van der Waals surface area contributed by atoms with Gasteiger partial charge < -0.3 is 14.8 Å². The van der Waals surface area contributed by atoms with Crippen molar-refractivity contribution >= 4 is 34.1 Å². The van der Waals surface area contributed by atoms with E-state index < -0.39 is 0 Å². The van der Waals surface area contributed by atoms with Crippen LogP contribution in [0.25, 0.3) is 11.3 Å². The molecule has 3 aromatic rings. The van der Waals surface area contributed by atoms with Crippen LogP contribution in [0, 0.1) is 0 Å². The van der Waals surface area contributed by atoms with E-state index in [0.717, 1.165) is 16.2 Å². The summed E-state index contributed by atoms with van der Waals surface area (Å²) in [5, 5.41) is 5.16. The van der Waals surface area contributed by atoms with Crippen LogP contribution in [0.2, 0.25) is 0 Å². The number of thiazole rings is 1. The third-order valence-corrected chi connectivity index (χ3v) is 5.71. The van der Waals surface area contributed by atoms with E-state index in [1.807, 2.05) is 60.8 Å². The molecule has 140 valence electrons. The molecule has 0 saturated heterocycles. The molecular formula is C20H20N2O3S2. The zero-order valence-corrected chi connectivity index (χ0v) is 16.9. The summed E-state index contributed by atoms with van der Waals surface area (Å²) in [6, 6.07) is 15.5. The molecule has 0 radical (unpaired) electrons. The van der Waals surface area contributed by atoms with Crippen molar-refractivity contribution in [3.63, 3.8) is 0 Å². The van der Waals surface area contributed by atoms with Crippen molar-refractivity contribution in [3.05, 3.63) is 53.9 Å². The fourth-order valence-corrected chi connectivity index (χ4v) is 4.03. The lowest BCUT2D eigenvalue weighted by Crippen LogP contribution is -2.22. The Hall–Kier alpha value is -2.51. The van der Waals surface area contributed by atoms with Gasteiger partial charge in [0.2, 0.25) is 5.91 Å². The van der Waals surface area contributed by atoms with Gasteiger partial charge in [-0.25, -0.2) is 4.98 Å². The quantitative estimate of drug-likeness (QED) is 0.569. The number of carbonyl (C=O) groups excluding carboxylic acids is 1. The number of thioether (sulfide) groups is 1. The summed E-state index contributed by atoms with van der Waals surface area (Å²) in [6.45, 7) is 1.88. The SMILES string of the molecule is COc1ccc(-c2csc(NC(=O)C(C)Sc3ccccc3)n2)cc1OC. The normalized spacial score (nSPS) is 11.7. The van der Waals surface area contributed by atoms with Crippen LogP contribution in [-0.4, -0.2) is 30.4 Å². The Morgan fingerprint density at radius 2 is 1.85 bits per heavy atom. The highest BCUT2D eigenvalue weighted by Gasteiger charge is 2.16. The molecule has 0 saturated carbocycles. The number of rotatable bonds is 7. The van der Waals surface area contributed by atoms with Crippen LogP contribution in [0.3, 0.4) is 0 Å². The Bertz CT molecular complexity index is 913. The van der Waals surface area contributed by atoms with E-state index in [1.165, 1.54) is 23.1 Å². The van der Waals surface area contributed by atoms with Gasteiger partial charge >= 0.3 is 0 Å². The molecule has 1 heterocycles. The van der Waals surface area contributed by atoms with Crippen molar-refractivity contribution in [3.8, 4) is 22.8 Å². The van der Waals surface area contributed by atoms with Crippen molar-refractivity contribution in [1.29, 1.82) is 0 Å². The predicted molar refractivity (Wildman–Crippen MR) is 111 cm³/mol. The summed E-state index contributed by atoms with van der Waals surface area (Å²) in [5.41, 5.74) is 1.68. The van der Waals surface area contributed by atoms with E-state index in [1.54, 1.807) is 14.2 Å². The predicted octanol–water partition coefficient (Wildman–Crippen LogP) is 4.95. The first kappa shape index (κ1) is 19.3. The maximum absolute atomic E-state index is 12.4. The number of hydrogen-bond donors (Lipinski definition) is 1. The number of methoxy groups -OCH3 is 2. The van der Waals surface area contributed by atoms with Crippen LogP contribution < -0.4 is 14.8 Å². The molecule has 0 aliphatic rings. The number of amides is 1. The number of anilines is 1. The molecule has 1 atom stereocenters. The van der Waals surface area contributed by atoms with Gasteiger partial charge in [0, 0.05) is 15.8 Å². The maximum atomic E-state index is 12.4. The van der Waals surface area contributed by atoms with E-state index in [2.05, 4.69) is 10.3 Å². The second-order valence-corrected chi connectivity index (χ2v) is 7.94. The maximum Gasteiger partial charge on any atom is 0.239 e. The van der Waals surface area contributed by atoms with Gasteiger partial charge in [0.1, 0.15) is 0 Å². The van der Waals surface area contributed by atoms with Crippen LogP contribution in [0.1, 0.15) is 6.92 Å². The zero-order chi connectivity index (χ0) is 19.2. The molecule has 1 amide bonds. The first-order valence-corrected chi connectivity index (χ1v) is 10.1. The van der Waals surface area contributed by atoms with E-state index in [9.17, 15) is 4.79 Å². The second kappa shape index (κ2) is 8.92. The van der Waals surface area contributed by atoms with Crippen molar-refractivity contribution in [2.45, 2.75) is 17.1 Å². The Morgan fingerprint density at radius 3 is 2.56 bits per heavy atom. The average molecular weight is 401 g/mol. The third-order valence-electron chi connectivity index (χ3n) is 3.84. The minimum absolute atomic E-state index is 0.0722. The molecule has 1 unspecified atom stereocenters. The molecule has 0 fully saturated rings. The average Bonchev–Trinajstić information content (AvgIpc) is 3.16. The van der Waals surface area contributed by atoms with Gasteiger partial charge in [-0.05, 0) is 37.3 Å². The standard InChI is InChI=1S/C20H20N2O3S2/c1-13(27-15-7-5-4-6-8-15)19(23)22-20-21-16(12-26-20)14-9-10-17(24-2)18(11-14)25-3/h4-13H,1-3H3,(H,21,22,23). The fourth-order valence-electron chi connectivity index (χ4n) is 2.42. The Morgan fingerprint density at radius 1 is 1.11 bits per heavy atom. The van der Waals surface area contributed by atoms with Crippen LogP contribution in [-0.2, 0) is 4.79 Å². The number of aromatic nitrogens is 1. The number of carbonyl (C=O) groups is 1. The van der Waals surface area contributed by atoms with E-state index in [-0.39, 0.29) is 11.2 Å². The largest absolute Gasteiger partial charge is 0.493 e. The van der Waals surface area contributed by atoms with Crippen LogP contribution in [0.4, 0.5) is 5.13 Å². The van der Waals surface area contributed by atoms with Gasteiger partial charge in [-0.15, -0.1) is 23.1 Å². The molecule has 3 rings (SSSR count). The molecule has 0 aliphatic carbocycles. The smallest absolute Gasteiger partial charge is 0.239 e. The van der Waals surface area contributed by atoms with Gasteiger partial charge in [-0.1, -0.05) is 18.2 Å². The Kier molecular flexibility index (Phi) is 6.36. The highest BCUT2D eigenvalue weighted by molar-refractivity contribution is 8.00. The lowest BCUT2D eigenvalue weighted by molar-refractivity contribution is -0.115. The molecule has 2 aromatic carbocycles. The molecule has 27 heavy (non-hydrogen) atoms. The first-order chi connectivity index (χ1) is 13.1. The Labute approximate surface area is 166 Å². The van der Waals surface area contributed by atoms with Crippen LogP contribution >= 0.6 is 23.1 Å². The third kappa shape index (κ3) is 4.81. The lowest BCUT2D eigenvalue weighted by Gasteiger charge is -2.10. The number of nitrogens with one attached hydrogen (secondary N) is 1. The molecular weight excluding hydrogens is 380 g/mol. The molecule has 0 spiro atoms. The minimum atomic E-state index is -0.221. The molecule has 7 heteroatoms. The summed E-state index contributed by atoms with van der Waals surface area (Å²) in [4.78, 5) is 18.0. The first-order valence-electron chi connectivity index (χ1n) is 8.31. The molecule has 1 N–H and O–H groups in total. The molecule has 5 nitrogen and oxygen atoms in total. The van der Waals surface area contributed by atoms with Crippen LogP contribution in [0.5, 0.6) is 11.5 Å². The number of hydrogen-bond acceptors (Lipinski definition) is 6. The highest BCUT2D eigenvalue weighted by Crippen LogP contribution is 2.33. The summed E-state index contributed by atoms with van der Waals surface area (Å²) in [5.74, 6) is 1.23. The van der Waals surface area contributed by atoms with Gasteiger partial charge in [-0.2, -0.15) is 0 Å². The van der Waals surface area contributed by atoms with Crippen molar-refractivity contribution in [1.82, 2.24) is 4.98 Å². The molecule has 0 aliphatic heterocycles. The van der Waals surface area contributed by atoms with Gasteiger partial charge in [0.05, 0.1) is 25.2 Å². The minimum Gasteiger partial charge on any atom is -0.493 e. The highest BCUT2D eigenvalue weighted by atomic mass is 32.2. The zero-order valence-electron chi connectivity index (χ0n) is 15.3. The number of ether oxygens (including phenoxy) is 2. The summed E-state index contributed by atoms with van der Waals surface area (Å²) < 4.78 is 10.6. The van der Waals surface area contributed by atoms with E-state index >= 15 is 0 Å². The monoisotopic (exact) mass is 400 g/mol. The van der Waals surface area contributed by atoms with Crippen molar-refractivity contribution < 1.29 is 14.3 Å². The van der Waals surface area contributed by atoms with Crippen molar-refractivity contribution in [2.75, 3.05) is 19.5 Å². The second-order valence-electron chi connectivity index (χ2n) is 5.67.